The average molecular weight is 374 g/mol. The minimum Gasteiger partial charge on any atom is -0.351 e. The molecule has 0 saturated heterocycles. The second kappa shape index (κ2) is 9.70. The van der Waals surface area contributed by atoms with Crippen molar-refractivity contribution in [3.05, 3.63) is 65.5 Å². The maximum atomic E-state index is 12.4. The first kappa shape index (κ1) is 19.6. The van der Waals surface area contributed by atoms with Gasteiger partial charge in [0, 0.05) is 36.8 Å². The number of nitrogens with one attached hydrogen (secondary N) is 2. The van der Waals surface area contributed by atoms with E-state index >= 15 is 0 Å². The van der Waals surface area contributed by atoms with Gasteiger partial charge in [-0.05, 0) is 54.5 Å². The van der Waals surface area contributed by atoms with Gasteiger partial charge in [-0.3, -0.25) is 14.8 Å². The molecule has 1 amide bonds. The van der Waals surface area contributed by atoms with E-state index in [0.29, 0.717) is 18.5 Å². The standard InChI is InChI=1S/C23H26N4O/c1-17-12-22(16-25-13-17)26-11-9-19-5-7-21(8-6-19)18(2)23(28)27-15-20-4-3-10-24-14-20/h3-8,10,13-14,17-18,22,26H,12,15-16H2,1-2H3,(H,27,28). The van der Waals surface area contributed by atoms with E-state index in [2.05, 4.69) is 39.5 Å². The molecule has 0 fully saturated rings. The summed E-state index contributed by atoms with van der Waals surface area (Å²) in [5.74, 6) is 3.40. The maximum Gasteiger partial charge on any atom is 0.227 e. The molecule has 1 aromatic heterocycles. The molecule has 2 aromatic rings. The van der Waals surface area contributed by atoms with Gasteiger partial charge in [0.1, 0.15) is 0 Å². The topological polar surface area (TPSA) is 66.4 Å². The number of carbonyl (C=O) groups is 1. The summed E-state index contributed by atoms with van der Waals surface area (Å²) in [5.41, 5.74) is 2.88. The summed E-state index contributed by atoms with van der Waals surface area (Å²) in [5, 5.41) is 6.20. The van der Waals surface area contributed by atoms with Crippen LogP contribution in [0.25, 0.3) is 0 Å². The van der Waals surface area contributed by atoms with Gasteiger partial charge in [0.25, 0.3) is 0 Å². The predicted molar refractivity (Wildman–Crippen MR) is 112 cm³/mol. The lowest BCUT2D eigenvalue weighted by atomic mass is 9.99. The van der Waals surface area contributed by atoms with Crippen molar-refractivity contribution >= 4 is 12.1 Å². The average Bonchev–Trinajstić information content (AvgIpc) is 2.73. The normalized spacial score (nSPS) is 19.2. The highest BCUT2D eigenvalue weighted by Crippen LogP contribution is 2.16. The lowest BCUT2D eigenvalue weighted by Gasteiger charge is -2.20. The van der Waals surface area contributed by atoms with Crippen LogP contribution in [0, 0.1) is 17.9 Å². The molecule has 5 heteroatoms. The molecule has 1 aliphatic rings. The number of aliphatic imine (C=N–C) groups is 1. The van der Waals surface area contributed by atoms with E-state index in [9.17, 15) is 4.79 Å². The van der Waals surface area contributed by atoms with Gasteiger partial charge in [0.15, 0.2) is 0 Å². The summed E-state index contributed by atoms with van der Waals surface area (Å²) in [4.78, 5) is 20.8. The molecule has 2 N–H and O–H groups in total. The molecule has 0 aliphatic carbocycles. The van der Waals surface area contributed by atoms with Crippen LogP contribution >= 0.6 is 0 Å². The molecule has 3 rings (SSSR count). The third-order valence-electron chi connectivity index (χ3n) is 4.82. The van der Waals surface area contributed by atoms with Crippen LogP contribution < -0.4 is 10.6 Å². The van der Waals surface area contributed by atoms with E-state index in [1.54, 1.807) is 12.4 Å². The highest BCUT2D eigenvalue weighted by Gasteiger charge is 2.15. The van der Waals surface area contributed by atoms with E-state index in [4.69, 9.17) is 0 Å². The molecule has 0 radical (unpaired) electrons. The lowest BCUT2D eigenvalue weighted by Crippen LogP contribution is -2.33. The highest BCUT2D eigenvalue weighted by atomic mass is 16.1. The Morgan fingerprint density at radius 3 is 2.82 bits per heavy atom. The highest BCUT2D eigenvalue weighted by molar-refractivity contribution is 5.83. The van der Waals surface area contributed by atoms with Gasteiger partial charge in [0.2, 0.25) is 5.91 Å². The van der Waals surface area contributed by atoms with Gasteiger partial charge in [0.05, 0.1) is 18.5 Å². The number of benzene rings is 1. The molecule has 0 saturated carbocycles. The first-order chi connectivity index (χ1) is 13.6. The van der Waals surface area contributed by atoms with Crippen molar-refractivity contribution in [2.45, 2.75) is 38.8 Å². The summed E-state index contributed by atoms with van der Waals surface area (Å²) in [6.45, 7) is 5.34. The van der Waals surface area contributed by atoms with Crippen LogP contribution in [0.1, 0.15) is 42.9 Å². The van der Waals surface area contributed by atoms with Crippen molar-refractivity contribution in [2.24, 2.45) is 10.9 Å². The van der Waals surface area contributed by atoms with Crippen LogP contribution in [0.2, 0.25) is 0 Å². The third kappa shape index (κ3) is 5.68. The van der Waals surface area contributed by atoms with Gasteiger partial charge in [-0.2, -0.15) is 0 Å². The van der Waals surface area contributed by atoms with E-state index in [1.165, 1.54) is 0 Å². The SMILES string of the molecule is CC1C=NCC(NC#Cc2ccc(C(C)C(=O)NCc3cccnc3)cc2)C1. The minimum atomic E-state index is -0.224. The number of nitrogens with zero attached hydrogens (tertiary/aromatic N) is 2. The van der Waals surface area contributed by atoms with Crippen LogP contribution in [-0.2, 0) is 11.3 Å². The molecule has 2 heterocycles. The fraction of sp³-hybridized carbons (Fsp3) is 0.348. The molecular weight excluding hydrogens is 348 g/mol. The molecule has 144 valence electrons. The minimum absolute atomic E-state index is 0.00340. The smallest absolute Gasteiger partial charge is 0.227 e. The van der Waals surface area contributed by atoms with E-state index in [0.717, 1.165) is 29.7 Å². The molecule has 3 unspecified atom stereocenters. The molecule has 3 atom stereocenters. The Morgan fingerprint density at radius 2 is 2.11 bits per heavy atom. The van der Waals surface area contributed by atoms with Crippen molar-refractivity contribution in [3.8, 4) is 12.0 Å². The first-order valence-electron chi connectivity index (χ1n) is 9.65. The van der Waals surface area contributed by atoms with Gasteiger partial charge >= 0.3 is 0 Å². The number of aromatic nitrogens is 1. The van der Waals surface area contributed by atoms with Gasteiger partial charge in [-0.1, -0.05) is 25.1 Å². The molecule has 0 spiro atoms. The third-order valence-corrected chi connectivity index (χ3v) is 4.82. The molecular formula is C23H26N4O. The zero-order valence-electron chi connectivity index (χ0n) is 16.4. The Balaban J connectivity index is 1.51. The quantitative estimate of drug-likeness (QED) is 0.625. The number of rotatable bonds is 5. The summed E-state index contributed by atoms with van der Waals surface area (Å²) in [6, 6.07) is 15.0. The van der Waals surface area contributed by atoms with Crippen LogP contribution in [0.3, 0.4) is 0 Å². The summed E-state index contributed by atoms with van der Waals surface area (Å²) in [6.07, 6.45) is 6.55. The largest absolute Gasteiger partial charge is 0.351 e. The summed E-state index contributed by atoms with van der Waals surface area (Å²) < 4.78 is 0. The van der Waals surface area contributed by atoms with E-state index < -0.39 is 0 Å². The predicted octanol–water partition coefficient (Wildman–Crippen LogP) is 2.88. The molecule has 5 nitrogen and oxygen atoms in total. The fourth-order valence-corrected chi connectivity index (χ4v) is 3.12. The molecule has 1 aliphatic heterocycles. The van der Waals surface area contributed by atoms with Crippen molar-refractivity contribution in [3.63, 3.8) is 0 Å². The Kier molecular flexibility index (Phi) is 6.80. The van der Waals surface area contributed by atoms with E-state index in [-0.39, 0.29) is 11.8 Å². The zero-order valence-corrected chi connectivity index (χ0v) is 16.4. The molecule has 1 aromatic carbocycles. The van der Waals surface area contributed by atoms with Gasteiger partial charge in [-0.15, -0.1) is 0 Å². The van der Waals surface area contributed by atoms with Crippen LogP contribution in [0.15, 0.2) is 53.8 Å². The van der Waals surface area contributed by atoms with Gasteiger partial charge in [-0.25, -0.2) is 0 Å². The van der Waals surface area contributed by atoms with Gasteiger partial charge < -0.3 is 10.6 Å². The number of amides is 1. The monoisotopic (exact) mass is 374 g/mol. The van der Waals surface area contributed by atoms with Crippen LogP contribution in [-0.4, -0.2) is 29.7 Å². The van der Waals surface area contributed by atoms with Crippen LogP contribution in [0.4, 0.5) is 0 Å². The van der Waals surface area contributed by atoms with Crippen molar-refractivity contribution < 1.29 is 4.79 Å². The van der Waals surface area contributed by atoms with Crippen molar-refractivity contribution in [2.75, 3.05) is 6.54 Å². The summed E-state index contributed by atoms with van der Waals surface area (Å²) in [7, 11) is 0. The Bertz CT molecular complexity index is 865. The molecule has 0 bridgehead atoms. The maximum absolute atomic E-state index is 12.4. The fourth-order valence-electron chi connectivity index (χ4n) is 3.12. The summed E-state index contributed by atoms with van der Waals surface area (Å²) >= 11 is 0. The van der Waals surface area contributed by atoms with E-state index in [1.807, 2.05) is 49.5 Å². The zero-order chi connectivity index (χ0) is 19.8. The van der Waals surface area contributed by atoms with Crippen molar-refractivity contribution in [1.29, 1.82) is 0 Å². The number of hydrogen-bond acceptors (Lipinski definition) is 4. The lowest BCUT2D eigenvalue weighted by molar-refractivity contribution is -0.122. The first-order valence-corrected chi connectivity index (χ1v) is 9.65. The molecule has 28 heavy (non-hydrogen) atoms. The van der Waals surface area contributed by atoms with Crippen LogP contribution in [0.5, 0.6) is 0 Å². The second-order valence-corrected chi connectivity index (χ2v) is 7.24. The van der Waals surface area contributed by atoms with Crippen molar-refractivity contribution in [1.82, 2.24) is 15.6 Å². The Hall–Kier alpha value is -3.13. The Morgan fingerprint density at radius 1 is 1.29 bits per heavy atom. The number of carbonyl (C=O) groups excluding carboxylic acids is 1. The number of pyridine rings is 1. The Labute approximate surface area is 166 Å². The second-order valence-electron chi connectivity index (χ2n) is 7.24. The number of hydrogen-bond donors (Lipinski definition) is 2.